The number of hydrogen-bond acceptors (Lipinski definition) is 6. The molecule has 0 aromatic carbocycles. The van der Waals surface area contributed by atoms with E-state index >= 15 is 0 Å². The van der Waals surface area contributed by atoms with E-state index in [2.05, 4.69) is 36.7 Å². The molecule has 1 unspecified atom stereocenters. The van der Waals surface area contributed by atoms with Crippen LogP contribution in [0.4, 0.5) is 5.82 Å². The predicted octanol–water partition coefficient (Wildman–Crippen LogP) is 0.149. The van der Waals surface area contributed by atoms with Crippen molar-refractivity contribution < 1.29 is 0 Å². The minimum Gasteiger partial charge on any atom is -0.392 e. The maximum Gasteiger partial charge on any atom is 0.182 e. The molecule has 1 aliphatic heterocycles. The van der Waals surface area contributed by atoms with Gasteiger partial charge in [-0.1, -0.05) is 12.2 Å². The van der Waals surface area contributed by atoms with Gasteiger partial charge in [0.1, 0.15) is 11.8 Å². The van der Waals surface area contributed by atoms with Gasteiger partial charge < -0.3 is 15.6 Å². The number of imidazole rings is 1. The van der Waals surface area contributed by atoms with Crippen LogP contribution in [0.25, 0.3) is 11.2 Å². The Morgan fingerprint density at radius 3 is 2.75 bits per heavy atom. The Kier molecular flexibility index (Phi) is 3.49. The second-order valence-corrected chi connectivity index (χ2v) is 5.37. The van der Waals surface area contributed by atoms with Crippen molar-refractivity contribution in [2.75, 3.05) is 31.1 Å². The SMILES string of the molecule is CC(C(N)=S)N1CCN(c2ncnc3nc[nH]c23)CC1. The highest BCUT2D eigenvalue weighted by Crippen LogP contribution is 2.21. The zero-order valence-electron chi connectivity index (χ0n) is 11.3. The molecule has 0 spiro atoms. The minimum absolute atomic E-state index is 0.143. The van der Waals surface area contributed by atoms with Crippen LogP contribution >= 0.6 is 12.2 Å². The molecule has 1 saturated heterocycles. The molecule has 7 nitrogen and oxygen atoms in total. The Morgan fingerprint density at radius 2 is 2.05 bits per heavy atom. The second kappa shape index (κ2) is 5.29. The Labute approximate surface area is 122 Å². The van der Waals surface area contributed by atoms with Gasteiger partial charge in [-0.3, -0.25) is 4.90 Å². The molecule has 1 aliphatic rings. The van der Waals surface area contributed by atoms with Crippen LogP contribution in [0.5, 0.6) is 0 Å². The average Bonchev–Trinajstić information content (AvgIpc) is 2.95. The van der Waals surface area contributed by atoms with Gasteiger partial charge in [-0.25, -0.2) is 15.0 Å². The van der Waals surface area contributed by atoms with E-state index in [1.54, 1.807) is 12.7 Å². The standard InChI is InChI=1S/C12H17N7S/c1-8(10(13)20)18-2-4-19(5-3-18)12-9-11(15-6-14-9)16-7-17-12/h6-8H,2-5H2,1H3,(H2,13,20)(H,14,15,16,17). The summed E-state index contributed by atoms with van der Waals surface area (Å²) in [7, 11) is 0. The summed E-state index contributed by atoms with van der Waals surface area (Å²) < 4.78 is 0. The molecule has 1 atom stereocenters. The number of aromatic amines is 1. The van der Waals surface area contributed by atoms with E-state index in [0.29, 0.717) is 10.6 Å². The molecule has 2 aromatic heterocycles. The Morgan fingerprint density at radius 1 is 1.30 bits per heavy atom. The lowest BCUT2D eigenvalue weighted by atomic mass is 10.2. The van der Waals surface area contributed by atoms with Crippen LogP contribution < -0.4 is 10.6 Å². The van der Waals surface area contributed by atoms with Gasteiger partial charge >= 0.3 is 0 Å². The molecular formula is C12H17N7S. The smallest absolute Gasteiger partial charge is 0.182 e. The average molecular weight is 291 g/mol. The minimum atomic E-state index is 0.143. The zero-order chi connectivity index (χ0) is 14.1. The molecule has 20 heavy (non-hydrogen) atoms. The number of hydrogen-bond donors (Lipinski definition) is 2. The van der Waals surface area contributed by atoms with Gasteiger partial charge in [0.25, 0.3) is 0 Å². The second-order valence-electron chi connectivity index (χ2n) is 4.90. The van der Waals surface area contributed by atoms with Crippen molar-refractivity contribution in [3.05, 3.63) is 12.7 Å². The number of fused-ring (bicyclic) bond motifs is 1. The van der Waals surface area contributed by atoms with Crippen molar-refractivity contribution in [3.63, 3.8) is 0 Å². The van der Waals surface area contributed by atoms with E-state index in [-0.39, 0.29) is 6.04 Å². The first-order chi connectivity index (χ1) is 9.66. The number of nitrogens with two attached hydrogens (primary N) is 1. The molecule has 0 amide bonds. The third kappa shape index (κ3) is 2.32. The molecule has 8 heteroatoms. The van der Waals surface area contributed by atoms with Gasteiger partial charge in [-0.05, 0) is 6.92 Å². The first-order valence-corrected chi connectivity index (χ1v) is 7.00. The fourth-order valence-corrected chi connectivity index (χ4v) is 2.64. The number of nitrogens with one attached hydrogen (secondary N) is 1. The number of anilines is 1. The van der Waals surface area contributed by atoms with Crippen LogP contribution in [0.1, 0.15) is 6.92 Å². The van der Waals surface area contributed by atoms with Crippen molar-refractivity contribution in [1.82, 2.24) is 24.8 Å². The number of nitrogens with zero attached hydrogens (tertiary/aromatic N) is 5. The highest BCUT2D eigenvalue weighted by Gasteiger charge is 2.24. The zero-order valence-corrected chi connectivity index (χ0v) is 12.1. The van der Waals surface area contributed by atoms with E-state index < -0.39 is 0 Å². The summed E-state index contributed by atoms with van der Waals surface area (Å²) in [5, 5.41) is 0. The van der Waals surface area contributed by atoms with Crippen molar-refractivity contribution >= 4 is 34.2 Å². The maximum absolute atomic E-state index is 5.72. The van der Waals surface area contributed by atoms with E-state index in [4.69, 9.17) is 18.0 Å². The van der Waals surface area contributed by atoms with Crippen LogP contribution in [0.2, 0.25) is 0 Å². The Bertz CT molecular complexity index is 617. The van der Waals surface area contributed by atoms with E-state index in [9.17, 15) is 0 Å². The summed E-state index contributed by atoms with van der Waals surface area (Å²) in [6.07, 6.45) is 3.20. The molecule has 106 valence electrons. The van der Waals surface area contributed by atoms with Gasteiger partial charge in [0.05, 0.1) is 17.4 Å². The van der Waals surface area contributed by atoms with E-state index in [0.717, 1.165) is 37.5 Å². The lowest BCUT2D eigenvalue weighted by Gasteiger charge is -2.38. The van der Waals surface area contributed by atoms with Crippen molar-refractivity contribution in [2.24, 2.45) is 5.73 Å². The lowest BCUT2D eigenvalue weighted by molar-refractivity contribution is 0.239. The van der Waals surface area contributed by atoms with E-state index in [1.165, 1.54) is 0 Å². The van der Waals surface area contributed by atoms with Crippen molar-refractivity contribution in [1.29, 1.82) is 0 Å². The number of H-pyrrole nitrogens is 1. The Balaban J connectivity index is 1.75. The van der Waals surface area contributed by atoms with Crippen molar-refractivity contribution in [3.8, 4) is 0 Å². The third-order valence-electron chi connectivity index (χ3n) is 3.78. The predicted molar refractivity (Wildman–Crippen MR) is 81.7 cm³/mol. The van der Waals surface area contributed by atoms with Crippen LogP contribution in [0.3, 0.4) is 0 Å². The first kappa shape index (κ1) is 13.2. The summed E-state index contributed by atoms with van der Waals surface area (Å²) in [6.45, 7) is 5.65. The molecule has 2 aromatic rings. The van der Waals surface area contributed by atoms with Crippen LogP contribution in [0.15, 0.2) is 12.7 Å². The number of piperazine rings is 1. The normalized spacial score (nSPS) is 18.4. The molecule has 0 radical (unpaired) electrons. The van der Waals surface area contributed by atoms with Gasteiger partial charge in [-0.15, -0.1) is 0 Å². The van der Waals surface area contributed by atoms with Crippen LogP contribution in [0, 0.1) is 0 Å². The summed E-state index contributed by atoms with van der Waals surface area (Å²) in [5.74, 6) is 0.912. The van der Waals surface area contributed by atoms with Gasteiger partial charge in [0, 0.05) is 26.2 Å². The van der Waals surface area contributed by atoms with Gasteiger partial charge in [-0.2, -0.15) is 0 Å². The molecule has 3 heterocycles. The molecule has 0 bridgehead atoms. The summed E-state index contributed by atoms with van der Waals surface area (Å²) in [4.78, 5) is 20.9. The maximum atomic E-state index is 5.72. The van der Waals surface area contributed by atoms with Gasteiger partial charge in [0.2, 0.25) is 0 Å². The highest BCUT2D eigenvalue weighted by molar-refractivity contribution is 7.80. The highest BCUT2D eigenvalue weighted by atomic mass is 32.1. The Hall–Kier alpha value is -1.80. The largest absolute Gasteiger partial charge is 0.392 e. The number of thiocarbonyl (C=S) groups is 1. The van der Waals surface area contributed by atoms with Gasteiger partial charge in [0.15, 0.2) is 11.5 Å². The molecule has 3 N–H and O–H groups in total. The fourth-order valence-electron chi connectivity index (χ4n) is 2.49. The molecule has 1 fully saturated rings. The quantitative estimate of drug-likeness (QED) is 0.778. The summed E-state index contributed by atoms with van der Waals surface area (Å²) in [6, 6.07) is 0.143. The lowest BCUT2D eigenvalue weighted by Crippen LogP contribution is -2.53. The molecule has 3 rings (SSSR count). The van der Waals surface area contributed by atoms with Crippen molar-refractivity contribution in [2.45, 2.75) is 13.0 Å². The third-order valence-corrected chi connectivity index (χ3v) is 4.12. The van der Waals surface area contributed by atoms with Crippen LogP contribution in [-0.2, 0) is 0 Å². The first-order valence-electron chi connectivity index (χ1n) is 6.59. The summed E-state index contributed by atoms with van der Waals surface area (Å²) in [5.41, 5.74) is 7.31. The van der Waals surface area contributed by atoms with Crippen LogP contribution in [-0.4, -0.2) is 62.0 Å². The topological polar surface area (TPSA) is 87.0 Å². The van der Waals surface area contributed by atoms with E-state index in [1.807, 2.05) is 0 Å². The monoisotopic (exact) mass is 291 g/mol. The molecule has 0 aliphatic carbocycles. The summed E-state index contributed by atoms with van der Waals surface area (Å²) >= 11 is 5.06. The number of aromatic nitrogens is 4. The fraction of sp³-hybridized carbons (Fsp3) is 0.500. The molecule has 0 saturated carbocycles. The molecular weight excluding hydrogens is 274 g/mol. The number of rotatable bonds is 3.